The molecule has 0 aliphatic rings. The number of para-hydroxylation sites is 4. The van der Waals surface area contributed by atoms with E-state index in [1.807, 2.05) is 0 Å². The predicted molar refractivity (Wildman–Crippen MR) is 233 cm³/mol. The van der Waals surface area contributed by atoms with Gasteiger partial charge in [-0.1, -0.05) is 103 Å². The summed E-state index contributed by atoms with van der Waals surface area (Å²) in [5.74, 6) is 0. The van der Waals surface area contributed by atoms with Gasteiger partial charge in [0.15, 0.2) is 0 Å². The van der Waals surface area contributed by atoms with E-state index in [0.717, 1.165) is 67.9 Å². The summed E-state index contributed by atoms with van der Waals surface area (Å²) in [6.07, 6.45) is 0. The zero-order valence-electron chi connectivity index (χ0n) is 31.4. The van der Waals surface area contributed by atoms with Crippen molar-refractivity contribution in [3.8, 4) is 11.4 Å². The summed E-state index contributed by atoms with van der Waals surface area (Å²) < 4.78 is 4.67. The fourth-order valence-electron chi connectivity index (χ4n) is 8.27. The number of anilines is 6. The Balaban J connectivity index is 1.23. The molecular weight excluding hydrogens is 692 g/mol. The second-order valence-electron chi connectivity index (χ2n) is 14.1. The highest BCUT2D eigenvalue weighted by Crippen LogP contribution is 2.46. The highest BCUT2D eigenvalue weighted by molar-refractivity contribution is 6.34. The van der Waals surface area contributed by atoms with Crippen LogP contribution in [-0.4, -0.2) is 9.13 Å². The van der Waals surface area contributed by atoms with Crippen LogP contribution in [0.4, 0.5) is 34.1 Å². The SMILES string of the molecule is Cc1c(C)n(-c2cccc(-n3c(C)c(C)c4c(N(c5ccccc5)c5ccccc5)cccc43)c2Cl)c2cccc(N(c3ccccc3)c3ccccc3)c12. The van der Waals surface area contributed by atoms with E-state index in [1.165, 1.54) is 21.9 Å². The molecule has 0 N–H and O–H groups in total. The molecule has 0 spiro atoms. The number of hydrogen-bond acceptors (Lipinski definition) is 2. The van der Waals surface area contributed by atoms with Gasteiger partial charge in [0, 0.05) is 44.9 Å². The number of fused-ring (bicyclic) bond motifs is 2. The van der Waals surface area contributed by atoms with Gasteiger partial charge in [-0.05, 0) is 124 Å². The number of nitrogens with zero attached hydrogens (tertiary/aromatic N) is 4. The van der Waals surface area contributed by atoms with Gasteiger partial charge in [-0.2, -0.15) is 0 Å². The van der Waals surface area contributed by atoms with Crippen molar-refractivity contribution in [2.45, 2.75) is 27.7 Å². The normalized spacial score (nSPS) is 11.4. The highest BCUT2D eigenvalue weighted by Gasteiger charge is 2.25. The van der Waals surface area contributed by atoms with Crippen molar-refractivity contribution in [1.82, 2.24) is 9.13 Å². The number of aryl methyl sites for hydroxylation is 2. The second-order valence-corrected chi connectivity index (χ2v) is 14.4. The first kappa shape index (κ1) is 34.3. The molecule has 0 fully saturated rings. The molecule has 0 amide bonds. The monoisotopic (exact) mass is 732 g/mol. The van der Waals surface area contributed by atoms with E-state index in [4.69, 9.17) is 11.6 Å². The lowest BCUT2D eigenvalue weighted by Gasteiger charge is -2.26. The van der Waals surface area contributed by atoms with Crippen LogP contribution in [0.25, 0.3) is 33.2 Å². The van der Waals surface area contributed by atoms with Gasteiger partial charge in [-0.25, -0.2) is 0 Å². The molecular formula is C50H41ClN4. The summed E-state index contributed by atoms with van der Waals surface area (Å²) in [4.78, 5) is 4.70. The maximum absolute atomic E-state index is 7.67. The van der Waals surface area contributed by atoms with Crippen LogP contribution in [-0.2, 0) is 0 Å². The van der Waals surface area contributed by atoms with Gasteiger partial charge in [0.2, 0.25) is 0 Å². The molecule has 2 heterocycles. The summed E-state index contributed by atoms with van der Waals surface area (Å²) in [6.45, 7) is 8.85. The van der Waals surface area contributed by atoms with E-state index in [2.05, 4.69) is 223 Å². The smallest absolute Gasteiger partial charge is 0.0886 e. The van der Waals surface area contributed by atoms with Crippen molar-refractivity contribution in [3.05, 3.63) is 203 Å². The maximum Gasteiger partial charge on any atom is 0.0886 e. The molecule has 9 aromatic rings. The van der Waals surface area contributed by atoms with Crippen molar-refractivity contribution in [3.63, 3.8) is 0 Å². The van der Waals surface area contributed by atoms with Crippen molar-refractivity contribution >= 4 is 67.5 Å². The van der Waals surface area contributed by atoms with Gasteiger partial charge >= 0.3 is 0 Å². The van der Waals surface area contributed by atoms with Crippen molar-refractivity contribution < 1.29 is 0 Å². The van der Waals surface area contributed by atoms with Crippen LogP contribution in [0.2, 0.25) is 5.02 Å². The number of hydrogen-bond donors (Lipinski definition) is 0. The molecule has 0 bridgehead atoms. The van der Waals surface area contributed by atoms with E-state index < -0.39 is 0 Å². The average molecular weight is 733 g/mol. The van der Waals surface area contributed by atoms with E-state index in [-0.39, 0.29) is 0 Å². The molecule has 0 unspecified atom stereocenters. The Morgan fingerprint density at radius 1 is 0.364 bits per heavy atom. The first-order valence-electron chi connectivity index (χ1n) is 18.7. The zero-order chi connectivity index (χ0) is 37.6. The summed E-state index contributed by atoms with van der Waals surface area (Å²) in [5, 5.41) is 3.09. The van der Waals surface area contributed by atoms with Gasteiger partial charge in [-0.3, -0.25) is 0 Å². The summed E-state index contributed by atoms with van der Waals surface area (Å²) in [6, 6.07) is 62.0. The summed E-state index contributed by atoms with van der Waals surface area (Å²) in [5.41, 5.74) is 15.5. The van der Waals surface area contributed by atoms with Crippen molar-refractivity contribution in [1.29, 1.82) is 0 Å². The molecule has 0 saturated carbocycles. The van der Waals surface area contributed by atoms with Crippen LogP contribution in [0, 0.1) is 27.7 Å². The van der Waals surface area contributed by atoms with Crippen LogP contribution < -0.4 is 9.80 Å². The molecule has 4 nitrogen and oxygen atoms in total. The quantitative estimate of drug-likeness (QED) is 0.155. The third-order valence-electron chi connectivity index (χ3n) is 11.0. The molecule has 0 aliphatic heterocycles. The third kappa shape index (κ3) is 5.69. The molecule has 9 rings (SSSR count). The average Bonchev–Trinajstić information content (AvgIpc) is 3.64. The molecule has 0 radical (unpaired) electrons. The first-order valence-corrected chi connectivity index (χ1v) is 19.1. The fraction of sp³-hybridized carbons (Fsp3) is 0.0800. The largest absolute Gasteiger partial charge is 0.312 e. The van der Waals surface area contributed by atoms with E-state index in [0.29, 0.717) is 5.02 Å². The van der Waals surface area contributed by atoms with Gasteiger partial charge < -0.3 is 18.9 Å². The lowest BCUT2D eigenvalue weighted by molar-refractivity contribution is 1.01. The van der Waals surface area contributed by atoms with Crippen LogP contribution >= 0.6 is 11.6 Å². The number of benzene rings is 7. The molecule has 2 aromatic heterocycles. The zero-order valence-corrected chi connectivity index (χ0v) is 32.2. The standard InChI is InChI=1S/C50H41ClN4/c1-34-36(3)52(42-28-17-30-44(48(34)42)54(38-20-9-5-10-21-38)39-22-11-6-12-23-39)46-32-19-33-47(50(46)51)53-37(4)35(2)49-43(53)29-18-31-45(49)55(40-24-13-7-14-25-40)41-26-15-8-16-27-41/h5-33H,1-4H3. The van der Waals surface area contributed by atoms with Crippen molar-refractivity contribution in [2.75, 3.05) is 9.80 Å². The molecule has 268 valence electrons. The molecule has 0 aliphatic carbocycles. The van der Waals surface area contributed by atoms with E-state index in [9.17, 15) is 0 Å². The van der Waals surface area contributed by atoms with Crippen LogP contribution in [0.3, 0.4) is 0 Å². The number of aromatic nitrogens is 2. The Labute approximate surface area is 327 Å². The van der Waals surface area contributed by atoms with Gasteiger partial charge in [0.05, 0.1) is 38.8 Å². The molecule has 5 heteroatoms. The Morgan fingerprint density at radius 3 is 1.00 bits per heavy atom. The minimum absolute atomic E-state index is 0.698. The first-order chi connectivity index (χ1) is 26.9. The Hall–Kier alpha value is -6.49. The number of halogens is 1. The van der Waals surface area contributed by atoms with Crippen LogP contribution in [0.5, 0.6) is 0 Å². The van der Waals surface area contributed by atoms with E-state index in [1.54, 1.807) is 0 Å². The fourth-order valence-corrected chi connectivity index (χ4v) is 8.56. The molecule has 55 heavy (non-hydrogen) atoms. The minimum Gasteiger partial charge on any atom is -0.312 e. The number of rotatable bonds is 8. The Bertz CT molecular complexity index is 2530. The molecule has 0 saturated heterocycles. The highest BCUT2D eigenvalue weighted by atomic mass is 35.5. The Kier molecular flexibility index (Phi) is 8.76. The Morgan fingerprint density at radius 2 is 0.673 bits per heavy atom. The lowest BCUT2D eigenvalue weighted by atomic mass is 10.1. The van der Waals surface area contributed by atoms with Crippen molar-refractivity contribution in [2.24, 2.45) is 0 Å². The summed E-state index contributed by atoms with van der Waals surface area (Å²) in [7, 11) is 0. The lowest BCUT2D eigenvalue weighted by Crippen LogP contribution is -2.10. The van der Waals surface area contributed by atoms with Gasteiger partial charge in [0.25, 0.3) is 0 Å². The molecule has 0 atom stereocenters. The van der Waals surface area contributed by atoms with Crippen LogP contribution in [0.15, 0.2) is 176 Å². The second kappa shape index (κ2) is 14.1. The summed E-state index contributed by atoms with van der Waals surface area (Å²) >= 11 is 7.67. The minimum atomic E-state index is 0.698. The van der Waals surface area contributed by atoms with Crippen LogP contribution in [0.1, 0.15) is 22.5 Å². The maximum atomic E-state index is 7.67. The molecule has 7 aromatic carbocycles. The topological polar surface area (TPSA) is 16.3 Å². The van der Waals surface area contributed by atoms with Gasteiger partial charge in [-0.15, -0.1) is 0 Å². The predicted octanol–water partition coefficient (Wildman–Crippen LogP) is 14.4. The van der Waals surface area contributed by atoms with Gasteiger partial charge in [0.1, 0.15) is 0 Å². The third-order valence-corrected chi connectivity index (χ3v) is 11.4. The van der Waals surface area contributed by atoms with E-state index >= 15 is 0 Å².